The van der Waals surface area contributed by atoms with Crippen molar-refractivity contribution >= 4 is 22.6 Å². The van der Waals surface area contributed by atoms with Crippen molar-refractivity contribution in [1.29, 1.82) is 0 Å². The van der Waals surface area contributed by atoms with E-state index in [1.807, 2.05) is 12.1 Å². The molecule has 1 fully saturated rings. The maximum atomic E-state index is 6.17. The number of hydrogen-bond donors (Lipinski definition) is 0. The van der Waals surface area contributed by atoms with Gasteiger partial charge in [0.15, 0.2) is 0 Å². The van der Waals surface area contributed by atoms with E-state index in [1.54, 1.807) is 0 Å². The summed E-state index contributed by atoms with van der Waals surface area (Å²) in [4.78, 5) is 0. The van der Waals surface area contributed by atoms with Gasteiger partial charge in [-0.15, -0.1) is 6.58 Å². The lowest BCUT2D eigenvalue weighted by Gasteiger charge is -2.39. The zero-order valence-electron chi connectivity index (χ0n) is 12.0. The van der Waals surface area contributed by atoms with Crippen LogP contribution >= 0.6 is 22.6 Å². The lowest BCUT2D eigenvalue weighted by Crippen LogP contribution is -2.44. The summed E-state index contributed by atoms with van der Waals surface area (Å²) < 4.78 is 13.3. The van der Waals surface area contributed by atoms with Gasteiger partial charge < -0.3 is 9.47 Å². The molecule has 2 nitrogen and oxygen atoms in total. The van der Waals surface area contributed by atoms with E-state index in [2.05, 4.69) is 60.4 Å². The van der Waals surface area contributed by atoms with Crippen LogP contribution in [-0.2, 0) is 16.1 Å². The van der Waals surface area contributed by atoms with Crippen molar-refractivity contribution in [3.63, 3.8) is 0 Å². The molecule has 0 N–H and O–H groups in total. The average molecular weight is 386 g/mol. The second-order valence-corrected chi connectivity index (χ2v) is 6.29. The summed E-state index contributed by atoms with van der Waals surface area (Å²) in [6.07, 6.45) is 4.66. The van der Waals surface area contributed by atoms with E-state index >= 15 is 0 Å². The van der Waals surface area contributed by atoms with Gasteiger partial charge in [0.25, 0.3) is 0 Å². The third-order valence-electron chi connectivity index (χ3n) is 3.91. The monoisotopic (exact) mass is 386 g/mol. The molecule has 1 aliphatic rings. The van der Waals surface area contributed by atoms with Gasteiger partial charge in [0.05, 0.1) is 24.9 Å². The topological polar surface area (TPSA) is 18.5 Å². The van der Waals surface area contributed by atoms with Crippen LogP contribution in [0.15, 0.2) is 43.0 Å². The Kier molecular flexibility index (Phi) is 6.52. The molecule has 0 aliphatic carbocycles. The Morgan fingerprint density at radius 2 is 2.15 bits per heavy atom. The molecule has 1 aromatic rings. The lowest BCUT2D eigenvalue weighted by molar-refractivity contribution is -0.143. The zero-order valence-corrected chi connectivity index (χ0v) is 14.2. The summed E-state index contributed by atoms with van der Waals surface area (Å²) in [5, 5.41) is 0. The molecule has 1 saturated heterocycles. The van der Waals surface area contributed by atoms with Gasteiger partial charge in [0.1, 0.15) is 0 Å². The number of rotatable bonds is 6. The minimum absolute atomic E-state index is 0.238. The van der Waals surface area contributed by atoms with Crippen LogP contribution in [0.3, 0.4) is 0 Å². The molecule has 0 unspecified atom stereocenters. The van der Waals surface area contributed by atoms with Gasteiger partial charge in [-0.2, -0.15) is 0 Å². The lowest BCUT2D eigenvalue weighted by atomic mass is 9.89. The van der Waals surface area contributed by atoms with Crippen LogP contribution < -0.4 is 0 Å². The van der Waals surface area contributed by atoms with Gasteiger partial charge in [-0.1, -0.05) is 65.9 Å². The largest absolute Gasteiger partial charge is 0.373 e. The Balaban J connectivity index is 1.95. The van der Waals surface area contributed by atoms with Gasteiger partial charge in [-0.3, -0.25) is 0 Å². The van der Waals surface area contributed by atoms with Crippen molar-refractivity contribution in [1.82, 2.24) is 0 Å². The van der Waals surface area contributed by atoms with E-state index in [0.717, 1.165) is 17.3 Å². The molecule has 110 valence electrons. The van der Waals surface area contributed by atoms with Crippen LogP contribution in [0.2, 0.25) is 0 Å². The van der Waals surface area contributed by atoms with E-state index in [0.29, 0.717) is 18.6 Å². The third-order valence-corrected chi connectivity index (χ3v) is 4.90. The fourth-order valence-electron chi connectivity index (χ4n) is 2.67. The molecule has 2 rings (SSSR count). The van der Waals surface area contributed by atoms with Crippen molar-refractivity contribution in [2.24, 2.45) is 5.92 Å². The highest BCUT2D eigenvalue weighted by Gasteiger charge is 2.35. The Morgan fingerprint density at radius 3 is 2.80 bits per heavy atom. The summed E-state index contributed by atoms with van der Waals surface area (Å²) in [5.41, 5.74) is 1.23. The first-order valence-electron chi connectivity index (χ1n) is 7.22. The first-order valence-corrected chi connectivity index (χ1v) is 8.75. The summed E-state index contributed by atoms with van der Waals surface area (Å²) in [6, 6.07) is 10.4. The minimum atomic E-state index is 0.238. The van der Waals surface area contributed by atoms with Crippen LogP contribution in [0.5, 0.6) is 0 Å². The van der Waals surface area contributed by atoms with E-state index in [9.17, 15) is 0 Å². The number of benzene rings is 1. The second-order valence-electron chi connectivity index (χ2n) is 5.41. The van der Waals surface area contributed by atoms with Crippen molar-refractivity contribution < 1.29 is 9.47 Å². The summed E-state index contributed by atoms with van der Waals surface area (Å²) in [5.74, 6) is 0.413. The van der Waals surface area contributed by atoms with Crippen molar-refractivity contribution in [2.45, 2.75) is 44.7 Å². The first kappa shape index (κ1) is 16.0. The standard InChI is InChI=1S/C17H23IO2/c1-3-7-16-13(2)17(10-15(11-18)20-16)19-12-14-8-5-4-6-9-14/h3-6,8-9,13,15-17H,1,7,10-12H2,2H3/t13-,15-,16-,17-/m0/s1. The zero-order chi connectivity index (χ0) is 14.4. The molecule has 0 spiro atoms. The highest BCUT2D eigenvalue weighted by Crippen LogP contribution is 2.31. The quantitative estimate of drug-likeness (QED) is 0.411. The Bertz CT molecular complexity index is 407. The molecular formula is C17H23IO2. The molecule has 4 atom stereocenters. The number of alkyl halides is 1. The SMILES string of the molecule is C=CC[C@@H]1O[C@H](CI)C[C@H](OCc2ccccc2)[C@H]1C. The van der Waals surface area contributed by atoms with Gasteiger partial charge >= 0.3 is 0 Å². The third kappa shape index (κ3) is 4.30. The molecule has 0 aromatic heterocycles. The smallest absolute Gasteiger partial charge is 0.0720 e. The summed E-state index contributed by atoms with van der Waals surface area (Å²) in [7, 11) is 0. The van der Waals surface area contributed by atoms with E-state index in [-0.39, 0.29) is 12.2 Å². The van der Waals surface area contributed by atoms with Gasteiger partial charge in [0, 0.05) is 16.8 Å². The Morgan fingerprint density at radius 1 is 1.40 bits per heavy atom. The fourth-order valence-corrected chi connectivity index (χ4v) is 3.24. The van der Waals surface area contributed by atoms with Crippen molar-refractivity contribution in [2.75, 3.05) is 4.43 Å². The van der Waals surface area contributed by atoms with Gasteiger partial charge in [-0.25, -0.2) is 0 Å². The Hall–Kier alpha value is -0.390. The van der Waals surface area contributed by atoms with Crippen LogP contribution in [0.4, 0.5) is 0 Å². The van der Waals surface area contributed by atoms with Crippen molar-refractivity contribution in [3.8, 4) is 0 Å². The molecule has 0 radical (unpaired) electrons. The predicted molar refractivity (Wildman–Crippen MR) is 91.2 cm³/mol. The number of hydrogen-bond acceptors (Lipinski definition) is 2. The molecule has 1 heterocycles. The van der Waals surface area contributed by atoms with Gasteiger partial charge in [0.2, 0.25) is 0 Å². The minimum Gasteiger partial charge on any atom is -0.373 e. The summed E-state index contributed by atoms with van der Waals surface area (Å²) in [6.45, 7) is 6.75. The van der Waals surface area contributed by atoms with Crippen LogP contribution in [-0.4, -0.2) is 22.7 Å². The first-order chi connectivity index (χ1) is 9.74. The van der Waals surface area contributed by atoms with E-state index in [1.165, 1.54) is 5.56 Å². The van der Waals surface area contributed by atoms with Crippen LogP contribution in [0.25, 0.3) is 0 Å². The number of halogens is 1. The molecule has 1 aliphatic heterocycles. The molecule has 3 heteroatoms. The maximum absolute atomic E-state index is 6.17. The molecule has 1 aromatic carbocycles. The number of ether oxygens (including phenoxy) is 2. The average Bonchev–Trinajstić information content (AvgIpc) is 2.49. The van der Waals surface area contributed by atoms with E-state index in [4.69, 9.17) is 9.47 Å². The molecule has 0 amide bonds. The highest BCUT2D eigenvalue weighted by molar-refractivity contribution is 14.1. The van der Waals surface area contributed by atoms with Crippen molar-refractivity contribution in [3.05, 3.63) is 48.6 Å². The predicted octanol–water partition coefficient (Wildman–Crippen LogP) is 4.38. The maximum Gasteiger partial charge on any atom is 0.0720 e. The Labute approximate surface area is 135 Å². The van der Waals surface area contributed by atoms with Crippen LogP contribution in [0, 0.1) is 5.92 Å². The van der Waals surface area contributed by atoms with E-state index < -0.39 is 0 Å². The normalized spacial score (nSPS) is 30.1. The van der Waals surface area contributed by atoms with Crippen LogP contribution in [0.1, 0.15) is 25.3 Å². The highest BCUT2D eigenvalue weighted by atomic mass is 127. The van der Waals surface area contributed by atoms with Gasteiger partial charge in [-0.05, 0) is 12.0 Å². The molecule has 20 heavy (non-hydrogen) atoms. The summed E-state index contributed by atoms with van der Waals surface area (Å²) >= 11 is 2.40. The molecule has 0 bridgehead atoms. The molecular weight excluding hydrogens is 363 g/mol. The fraction of sp³-hybridized carbons (Fsp3) is 0.529. The second kappa shape index (κ2) is 8.15. The molecule has 0 saturated carbocycles.